The molecule has 3 aromatic rings. The molecule has 2 aliphatic carbocycles. The monoisotopic (exact) mass is 473 g/mol. The Kier molecular flexibility index (Phi) is 5.93. The van der Waals surface area contributed by atoms with E-state index < -0.39 is 0 Å². The van der Waals surface area contributed by atoms with E-state index in [-0.39, 0.29) is 12.4 Å². The van der Waals surface area contributed by atoms with E-state index in [1.807, 2.05) is 12.1 Å². The van der Waals surface area contributed by atoms with Crippen LogP contribution in [-0.2, 0) is 16.0 Å². The standard InChI is InChI=1S/C30H39N3O2/c1-19(2)22-8-10-23(11-9-22)31-28-32-24-13-21(14-27(34)35-6)7-12-25(24)33(28)26-17-30(26)16-20(3)15-29(4,5)18-30/h7-13,19-20,26H,14-18H2,1-6H3,(H,31,32)/t20-,26-,30-/m1/s1. The van der Waals surface area contributed by atoms with Crippen molar-refractivity contribution in [3.05, 3.63) is 53.6 Å². The number of fused-ring (bicyclic) bond motifs is 1. The summed E-state index contributed by atoms with van der Waals surface area (Å²) in [5.41, 5.74) is 6.09. The summed E-state index contributed by atoms with van der Waals surface area (Å²) in [7, 11) is 1.43. The van der Waals surface area contributed by atoms with Crippen molar-refractivity contribution in [2.45, 2.75) is 78.7 Å². The van der Waals surface area contributed by atoms with Crippen LogP contribution in [0.4, 0.5) is 11.6 Å². The maximum Gasteiger partial charge on any atom is 0.309 e. The predicted octanol–water partition coefficient (Wildman–Crippen LogP) is 7.40. The minimum atomic E-state index is -0.230. The first-order valence-corrected chi connectivity index (χ1v) is 13.0. The zero-order valence-corrected chi connectivity index (χ0v) is 22.0. The van der Waals surface area contributed by atoms with Crippen molar-refractivity contribution in [1.82, 2.24) is 9.55 Å². The van der Waals surface area contributed by atoms with Crippen LogP contribution in [0.25, 0.3) is 11.0 Å². The number of hydrogen-bond acceptors (Lipinski definition) is 4. The van der Waals surface area contributed by atoms with Crippen molar-refractivity contribution < 1.29 is 9.53 Å². The first kappa shape index (κ1) is 23.9. The van der Waals surface area contributed by atoms with Crippen LogP contribution in [0.3, 0.4) is 0 Å². The van der Waals surface area contributed by atoms with Crippen LogP contribution in [0.2, 0.25) is 0 Å². The highest BCUT2D eigenvalue weighted by Crippen LogP contribution is 2.69. The fourth-order valence-corrected chi connectivity index (χ4v) is 6.88. The third-order valence-electron chi connectivity index (χ3n) is 8.11. The van der Waals surface area contributed by atoms with Gasteiger partial charge in [0.25, 0.3) is 0 Å². The van der Waals surface area contributed by atoms with Gasteiger partial charge in [-0.1, -0.05) is 52.8 Å². The number of carbonyl (C=O) groups excluding carboxylic acids is 1. The third kappa shape index (κ3) is 4.70. The lowest BCUT2D eigenvalue weighted by molar-refractivity contribution is -0.139. The van der Waals surface area contributed by atoms with Gasteiger partial charge in [0, 0.05) is 11.7 Å². The molecule has 1 heterocycles. The van der Waals surface area contributed by atoms with Crippen molar-refractivity contribution in [3.63, 3.8) is 0 Å². The van der Waals surface area contributed by atoms with Gasteiger partial charge in [-0.15, -0.1) is 0 Å². The molecule has 0 saturated heterocycles. The predicted molar refractivity (Wildman–Crippen MR) is 142 cm³/mol. The number of anilines is 2. The maximum atomic E-state index is 11.9. The van der Waals surface area contributed by atoms with Crippen LogP contribution in [0.15, 0.2) is 42.5 Å². The fraction of sp³-hybridized carbons (Fsp3) is 0.533. The number of methoxy groups -OCH3 is 1. The molecule has 0 amide bonds. The average molecular weight is 474 g/mol. The summed E-state index contributed by atoms with van der Waals surface area (Å²) in [4.78, 5) is 16.9. The quantitative estimate of drug-likeness (QED) is 0.379. The van der Waals surface area contributed by atoms with E-state index in [2.05, 4.69) is 74.8 Å². The second-order valence-corrected chi connectivity index (χ2v) is 12.2. The Bertz CT molecular complexity index is 1240. The Hall–Kier alpha value is -2.82. The van der Waals surface area contributed by atoms with Crippen LogP contribution in [0, 0.1) is 16.7 Å². The highest BCUT2D eigenvalue weighted by atomic mass is 16.5. The molecule has 2 saturated carbocycles. The summed E-state index contributed by atoms with van der Waals surface area (Å²) in [6, 6.07) is 15.3. The Morgan fingerprint density at radius 2 is 1.89 bits per heavy atom. The van der Waals surface area contributed by atoms with Gasteiger partial charge in [0.15, 0.2) is 0 Å². The number of aromatic nitrogens is 2. The molecule has 2 fully saturated rings. The Morgan fingerprint density at radius 3 is 2.54 bits per heavy atom. The van der Waals surface area contributed by atoms with Gasteiger partial charge in [-0.25, -0.2) is 4.98 Å². The molecule has 35 heavy (non-hydrogen) atoms. The van der Waals surface area contributed by atoms with Crippen LogP contribution < -0.4 is 5.32 Å². The molecule has 0 aliphatic heterocycles. The summed E-state index contributed by atoms with van der Waals surface area (Å²) >= 11 is 0. The van der Waals surface area contributed by atoms with Gasteiger partial charge in [0.1, 0.15) is 0 Å². The van der Waals surface area contributed by atoms with E-state index in [4.69, 9.17) is 9.72 Å². The van der Waals surface area contributed by atoms with Gasteiger partial charge in [0.2, 0.25) is 5.95 Å². The van der Waals surface area contributed by atoms with E-state index >= 15 is 0 Å². The lowest BCUT2D eigenvalue weighted by Gasteiger charge is -2.40. The minimum Gasteiger partial charge on any atom is -0.469 e. The van der Waals surface area contributed by atoms with Gasteiger partial charge >= 0.3 is 5.97 Å². The molecular weight excluding hydrogens is 434 g/mol. The molecular formula is C30H39N3O2. The summed E-state index contributed by atoms with van der Waals surface area (Å²) < 4.78 is 7.32. The first-order valence-electron chi connectivity index (χ1n) is 13.0. The van der Waals surface area contributed by atoms with Gasteiger partial charge < -0.3 is 14.6 Å². The summed E-state index contributed by atoms with van der Waals surface area (Å²) in [6.45, 7) is 11.7. The lowest BCUT2D eigenvalue weighted by Crippen LogP contribution is -2.30. The zero-order chi connectivity index (χ0) is 25.0. The van der Waals surface area contributed by atoms with E-state index in [1.165, 1.54) is 38.4 Å². The van der Waals surface area contributed by atoms with E-state index in [0.717, 1.165) is 34.2 Å². The molecule has 0 bridgehead atoms. The number of benzene rings is 2. The molecule has 1 N–H and O–H groups in total. The SMILES string of the molecule is COC(=O)Cc1ccc2c(c1)nc(Nc1ccc(C(C)C)cc1)n2[C@@H]1C[C@@]12C[C@H](C)CC(C)(C)C2. The summed E-state index contributed by atoms with van der Waals surface area (Å²) in [6.07, 6.45) is 5.31. The van der Waals surface area contributed by atoms with Gasteiger partial charge in [-0.2, -0.15) is 0 Å². The van der Waals surface area contributed by atoms with Crippen molar-refractivity contribution in [2.75, 3.05) is 12.4 Å². The van der Waals surface area contributed by atoms with Crippen molar-refractivity contribution in [1.29, 1.82) is 0 Å². The van der Waals surface area contributed by atoms with Crippen LogP contribution >= 0.6 is 0 Å². The second-order valence-electron chi connectivity index (χ2n) is 12.2. The normalized spacial score (nSPS) is 25.2. The van der Waals surface area contributed by atoms with Gasteiger partial charge in [-0.3, -0.25) is 4.79 Å². The number of imidazole rings is 1. The lowest BCUT2D eigenvalue weighted by atomic mass is 9.66. The molecule has 5 heteroatoms. The fourth-order valence-electron chi connectivity index (χ4n) is 6.88. The average Bonchev–Trinajstić information content (AvgIpc) is 3.30. The minimum absolute atomic E-state index is 0.230. The topological polar surface area (TPSA) is 56.1 Å². The number of hydrogen-bond donors (Lipinski definition) is 1. The first-order chi connectivity index (χ1) is 16.6. The molecule has 2 aliphatic rings. The molecule has 5 nitrogen and oxygen atoms in total. The van der Waals surface area contributed by atoms with Crippen LogP contribution in [0.5, 0.6) is 0 Å². The highest BCUT2D eigenvalue weighted by molar-refractivity contribution is 5.82. The number of nitrogens with one attached hydrogen (secondary N) is 1. The Labute approximate surface area is 209 Å². The maximum absolute atomic E-state index is 11.9. The van der Waals surface area contributed by atoms with E-state index in [9.17, 15) is 4.79 Å². The number of carbonyl (C=O) groups is 1. The summed E-state index contributed by atoms with van der Waals surface area (Å²) in [5, 5.41) is 3.64. The number of rotatable bonds is 6. The van der Waals surface area contributed by atoms with E-state index in [1.54, 1.807) is 0 Å². The molecule has 3 atom stereocenters. The van der Waals surface area contributed by atoms with Crippen molar-refractivity contribution in [3.8, 4) is 0 Å². The number of ether oxygens (including phenoxy) is 1. The summed E-state index contributed by atoms with van der Waals surface area (Å²) in [5.74, 6) is 1.91. The van der Waals surface area contributed by atoms with Gasteiger partial charge in [-0.05, 0) is 83.7 Å². The smallest absolute Gasteiger partial charge is 0.309 e. The number of esters is 1. The molecule has 186 valence electrons. The third-order valence-corrected chi connectivity index (χ3v) is 8.11. The number of nitrogens with zero attached hydrogens (tertiary/aromatic N) is 2. The Balaban J connectivity index is 1.53. The highest BCUT2D eigenvalue weighted by Gasteiger charge is 2.60. The Morgan fingerprint density at radius 1 is 1.14 bits per heavy atom. The van der Waals surface area contributed by atoms with Gasteiger partial charge in [0.05, 0.1) is 24.6 Å². The molecule has 1 spiro atoms. The zero-order valence-electron chi connectivity index (χ0n) is 22.0. The molecule has 2 aromatic carbocycles. The molecule has 5 rings (SSSR count). The molecule has 0 unspecified atom stereocenters. The largest absolute Gasteiger partial charge is 0.469 e. The molecule has 1 aromatic heterocycles. The van der Waals surface area contributed by atoms with Crippen LogP contribution in [0.1, 0.15) is 83.4 Å². The van der Waals surface area contributed by atoms with Crippen molar-refractivity contribution in [2.24, 2.45) is 16.7 Å². The van der Waals surface area contributed by atoms with Crippen molar-refractivity contribution >= 4 is 28.6 Å². The second kappa shape index (κ2) is 8.69. The molecule has 0 radical (unpaired) electrons. The van der Waals surface area contributed by atoms with Crippen LogP contribution in [-0.4, -0.2) is 22.6 Å². The van der Waals surface area contributed by atoms with E-state index in [0.29, 0.717) is 22.8 Å².